The molecular weight excluding hydrogens is 226 g/mol. The Morgan fingerprint density at radius 1 is 1.39 bits per heavy atom. The Balaban J connectivity index is 2.01. The van der Waals surface area contributed by atoms with E-state index in [4.69, 9.17) is 5.73 Å². The molecule has 0 radical (unpaired) electrons. The summed E-state index contributed by atoms with van der Waals surface area (Å²) in [5, 5.41) is 2.93. The highest BCUT2D eigenvalue weighted by Crippen LogP contribution is 2.24. The van der Waals surface area contributed by atoms with Gasteiger partial charge in [0.2, 0.25) is 0 Å². The van der Waals surface area contributed by atoms with Gasteiger partial charge in [0.05, 0.1) is 0 Å². The molecule has 18 heavy (non-hydrogen) atoms. The minimum atomic E-state index is -0.00373. The number of benzene rings is 1. The lowest BCUT2D eigenvalue weighted by molar-refractivity contribution is 0.192. The number of nitrogens with one attached hydrogen (secondary N) is 1. The van der Waals surface area contributed by atoms with E-state index in [1.165, 1.54) is 0 Å². The van der Waals surface area contributed by atoms with Crippen molar-refractivity contribution < 1.29 is 4.79 Å². The molecule has 1 heterocycles. The van der Waals surface area contributed by atoms with E-state index in [2.05, 4.69) is 19.2 Å². The van der Waals surface area contributed by atoms with Gasteiger partial charge < -0.3 is 16.0 Å². The molecule has 0 spiro atoms. The van der Waals surface area contributed by atoms with Crippen LogP contribution in [0.4, 0.5) is 16.2 Å². The van der Waals surface area contributed by atoms with Gasteiger partial charge in [-0.1, -0.05) is 13.8 Å². The molecule has 1 aromatic rings. The third-order valence-electron chi connectivity index (χ3n) is 3.49. The number of likely N-dealkylation sites (tertiary alicyclic amines) is 1. The summed E-state index contributed by atoms with van der Waals surface area (Å²) in [6.07, 6.45) is 2.20. The monoisotopic (exact) mass is 247 g/mol. The molecule has 3 N–H and O–H groups in total. The van der Waals surface area contributed by atoms with Crippen molar-refractivity contribution in [1.29, 1.82) is 0 Å². The highest BCUT2D eigenvalue weighted by Gasteiger charge is 2.30. The first-order valence-electron chi connectivity index (χ1n) is 6.51. The summed E-state index contributed by atoms with van der Waals surface area (Å²) in [6, 6.07) is 7.59. The predicted octanol–water partition coefficient (Wildman–Crippen LogP) is 2.92. The first-order chi connectivity index (χ1) is 8.58. The van der Waals surface area contributed by atoms with E-state index in [-0.39, 0.29) is 6.03 Å². The second-order valence-corrected chi connectivity index (χ2v) is 5.20. The molecule has 1 saturated heterocycles. The third kappa shape index (κ3) is 2.75. The van der Waals surface area contributed by atoms with Crippen LogP contribution in [0.25, 0.3) is 0 Å². The van der Waals surface area contributed by atoms with Crippen molar-refractivity contribution in [2.24, 2.45) is 5.92 Å². The maximum absolute atomic E-state index is 12.2. The smallest absolute Gasteiger partial charge is 0.322 e. The highest BCUT2D eigenvalue weighted by molar-refractivity contribution is 5.89. The molecule has 2 amide bonds. The Hall–Kier alpha value is -1.71. The fraction of sp³-hybridized carbons (Fsp3) is 0.500. The number of nitrogen functional groups attached to an aromatic ring is 1. The molecule has 0 aliphatic carbocycles. The van der Waals surface area contributed by atoms with Crippen LogP contribution in [-0.4, -0.2) is 23.5 Å². The number of rotatable bonds is 2. The molecule has 1 aliphatic rings. The summed E-state index contributed by atoms with van der Waals surface area (Å²) >= 11 is 0. The molecule has 2 rings (SSSR count). The minimum absolute atomic E-state index is 0.00373. The third-order valence-corrected chi connectivity index (χ3v) is 3.49. The van der Waals surface area contributed by atoms with Gasteiger partial charge in [-0.3, -0.25) is 0 Å². The summed E-state index contributed by atoms with van der Waals surface area (Å²) in [6.45, 7) is 5.18. The Bertz CT molecular complexity index is 414. The lowest BCUT2D eigenvalue weighted by Crippen LogP contribution is -2.41. The lowest BCUT2D eigenvalue weighted by atomic mass is 10.0. The normalized spacial score (nSPS) is 19.3. The lowest BCUT2D eigenvalue weighted by Gasteiger charge is -2.27. The quantitative estimate of drug-likeness (QED) is 0.789. The van der Waals surface area contributed by atoms with Crippen molar-refractivity contribution in [3.63, 3.8) is 0 Å². The van der Waals surface area contributed by atoms with Crippen LogP contribution in [0.3, 0.4) is 0 Å². The summed E-state index contributed by atoms with van der Waals surface area (Å²) < 4.78 is 0. The molecule has 1 fully saturated rings. The van der Waals surface area contributed by atoms with Gasteiger partial charge in [-0.2, -0.15) is 0 Å². The Morgan fingerprint density at radius 3 is 2.67 bits per heavy atom. The number of carbonyl (C=O) groups is 1. The zero-order valence-corrected chi connectivity index (χ0v) is 11.0. The minimum Gasteiger partial charge on any atom is -0.399 e. The van der Waals surface area contributed by atoms with Crippen LogP contribution < -0.4 is 11.1 Å². The van der Waals surface area contributed by atoms with E-state index in [9.17, 15) is 4.79 Å². The van der Waals surface area contributed by atoms with Crippen LogP contribution in [0.1, 0.15) is 26.7 Å². The van der Waals surface area contributed by atoms with Gasteiger partial charge in [0.15, 0.2) is 0 Å². The van der Waals surface area contributed by atoms with Gasteiger partial charge in [0, 0.05) is 24.0 Å². The molecule has 1 atom stereocenters. The van der Waals surface area contributed by atoms with E-state index in [0.29, 0.717) is 17.6 Å². The topological polar surface area (TPSA) is 58.4 Å². The zero-order chi connectivity index (χ0) is 13.1. The van der Waals surface area contributed by atoms with Crippen LogP contribution in [0.5, 0.6) is 0 Å². The van der Waals surface area contributed by atoms with E-state index in [0.717, 1.165) is 25.1 Å². The standard InChI is InChI=1S/C14H21N3O/c1-10(2)13-4-3-9-17(13)14(18)16-12-7-5-11(15)6-8-12/h5-8,10,13H,3-4,9,15H2,1-2H3,(H,16,18). The van der Waals surface area contributed by atoms with Gasteiger partial charge in [0.1, 0.15) is 0 Å². The fourth-order valence-electron chi connectivity index (χ4n) is 2.50. The van der Waals surface area contributed by atoms with Crippen LogP contribution in [0.15, 0.2) is 24.3 Å². The van der Waals surface area contributed by atoms with Gasteiger partial charge >= 0.3 is 6.03 Å². The molecule has 0 saturated carbocycles. The number of carbonyl (C=O) groups excluding carboxylic acids is 1. The molecule has 4 nitrogen and oxygen atoms in total. The predicted molar refractivity (Wildman–Crippen MR) is 74.4 cm³/mol. The van der Waals surface area contributed by atoms with E-state index >= 15 is 0 Å². The van der Waals surface area contributed by atoms with Crippen molar-refractivity contribution in [2.45, 2.75) is 32.7 Å². The first-order valence-corrected chi connectivity index (χ1v) is 6.51. The van der Waals surface area contributed by atoms with Crippen LogP contribution in [0.2, 0.25) is 0 Å². The number of hydrogen-bond donors (Lipinski definition) is 2. The van der Waals surface area contributed by atoms with Gasteiger partial charge in [-0.15, -0.1) is 0 Å². The van der Waals surface area contributed by atoms with Crippen LogP contribution in [-0.2, 0) is 0 Å². The second-order valence-electron chi connectivity index (χ2n) is 5.20. The maximum Gasteiger partial charge on any atom is 0.322 e. The molecular formula is C14H21N3O. The first kappa shape index (κ1) is 12.7. The van der Waals surface area contributed by atoms with Crippen LogP contribution in [0, 0.1) is 5.92 Å². The van der Waals surface area contributed by atoms with Crippen molar-refractivity contribution in [1.82, 2.24) is 4.90 Å². The average Bonchev–Trinajstić information content (AvgIpc) is 2.81. The van der Waals surface area contributed by atoms with Crippen molar-refractivity contribution in [3.05, 3.63) is 24.3 Å². The fourth-order valence-corrected chi connectivity index (χ4v) is 2.50. The SMILES string of the molecule is CC(C)C1CCCN1C(=O)Nc1ccc(N)cc1. The number of anilines is 2. The molecule has 0 aromatic heterocycles. The molecule has 1 aliphatic heterocycles. The van der Waals surface area contributed by atoms with E-state index in [1.807, 2.05) is 17.0 Å². The average molecular weight is 247 g/mol. The number of nitrogens with two attached hydrogens (primary N) is 1. The summed E-state index contributed by atoms with van der Waals surface area (Å²) in [4.78, 5) is 14.1. The van der Waals surface area contributed by atoms with Gasteiger partial charge in [-0.25, -0.2) is 4.79 Å². The Kier molecular flexibility index (Phi) is 3.75. The highest BCUT2D eigenvalue weighted by atomic mass is 16.2. The maximum atomic E-state index is 12.2. The van der Waals surface area contributed by atoms with E-state index < -0.39 is 0 Å². The Labute approximate surface area is 108 Å². The molecule has 98 valence electrons. The molecule has 4 heteroatoms. The van der Waals surface area contributed by atoms with Crippen molar-refractivity contribution in [3.8, 4) is 0 Å². The summed E-state index contributed by atoms with van der Waals surface area (Å²) in [5.74, 6) is 0.504. The number of urea groups is 1. The Morgan fingerprint density at radius 2 is 2.06 bits per heavy atom. The van der Waals surface area contributed by atoms with Crippen molar-refractivity contribution in [2.75, 3.05) is 17.6 Å². The molecule has 0 bridgehead atoms. The van der Waals surface area contributed by atoms with Gasteiger partial charge in [-0.05, 0) is 43.0 Å². The second kappa shape index (κ2) is 5.29. The number of hydrogen-bond acceptors (Lipinski definition) is 2. The summed E-state index contributed by atoms with van der Waals surface area (Å²) in [5.41, 5.74) is 7.12. The van der Waals surface area contributed by atoms with E-state index in [1.54, 1.807) is 12.1 Å². The zero-order valence-electron chi connectivity index (χ0n) is 11.0. The van der Waals surface area contributed by atoms with Crippen molar-refractivity contribution >= 4 is 17.4 Å². The van der Waals surface area contributed by atoms with Gasteiger partial charge in [0.25, 0.3) is 0 Å². The van der Waals surface area contributed by atoms with Crippen LogP contribution >= 0.6 is 0 Å². The number of amides is 2. The largest absolute Gasteiger partial charge is 0.399 e. The molecule has 1 aromatic carbocycles. The molecule has 1 unspecified atom stereocenters. The summed E-state index contributed by atoms with van der Waals surface area (Å²) in [7, 11) is 0. The number of nitrogens with zero attached hydrogens (tertiary/aromatic N) is 1.